The summed E-state index contributed by atoms with van der Waals surface area (Å²) in [5.41, 5.74) is 7.86. The molecule has 4 aliphatic rings. The fourth-order valence-corrected chi connectivity index (χ4v) is 8.69. The molecule has 18 heteroatoms. The van der Waals surface area contributed by atoms with E-state index in [1.807, 2.05) is 17.0 Å². The predicted octanol–water partition coefficient (Wildman–Crippen LogP) is 6.41. The molecule has 4 aliphatic heterocycles. The summed E-state index contributed by atoms with van der Waals surface area (Å²) in [6, 6.07) is 11.6. The van der Waals surface area contributed by atoms with E-state index in [1.165, 1.54) is 11.0 Å². The lowest BCUT2D eigenvalue weighted by Crippen LogP contribution is -2.54. The van der Waals surface area contributed by atoms with E-state index < -0.39 is 23.8 Å². The van der Waals surface area contributed by atoms with Crippen molar-refractivity contribution in [1.82, 2.24) is 25.1 Å². The van der Waals surface area contributed by atoms with E-state index in [-0.39, 0.29) is 36.6 Å². The van der Waals surface area contributed by atoms with Gasteiger partial charge in [0.2, 0.25) is 5.91 Å². The highest BCUT2D eigenvalue weighted by atomic mass is 35.5. The largest absolute Gasteiger partial charge is 0.486 e. The maximum Gasteiger partial charge on any atom is 0.416 e. The number of nitrogens with two attached hydrogens (primary N) is 1. The van der Waals surface area contributed by atoms with Crippen LogP contribution in [0.5, 0.6) is 5.75 Å². The third-order valence-corrected chi connectivity index (χ3v) is 12.0. The van der Waals surface area contributed by atoms with Gasteiger partial charge in [-0.1, -0.05) is 11.6 Å². The summed E-state index contributed by atoms with van der Waals surface area (Å²) in [6.07, 6.45) is -2.16. The second kappa shape index (κ2) is 16.9. The van der Waals surface area contributed by atoms with Crippen LogP contribution in [0.2, 0.25) is 5.02 Å². The number of piperazine rings is 1. The first-order valence-electron chi connectivity index (χ1n) is 20.2. The van der Waals surface area contributed by atoms with Gasteiger partial charge in [0.15, 0.2) is 0 Å². The van der Waals surface area contributed by atoms with Crippen molar-refractivity contribution in [1.29, 1.82) is 0 Å². The first-order chi connectivity index (χ1) is 28.7. The zero-order valence-corrected chi connectivity index (χ0v) is 34.1. The number of urea groups is 1. The van der Waals surface area contributed by atoms with Crippen LogP contribution in [0.15, 0.2) is 48.5 Å². The smallest absolute Gasteiger partial charge is 0.416 e. The number of aromatic nitrogens is 2. The Balaban J connectivity index is 0.949. The van der Waals surface area contributed by atoms with Crippen LogP contribution in [-0.4, -0.2) is 109 Å². The van der Waals surface area contributed by atoms with Gasteiger partial charge >= 0.3 is 12.2 Å². The number of ether oxygens (including phenoxy) is 2. The highest BCUT2D eigenvalue weighted by Crippen LogP contribution is 2.39. The number of carbonyl (C=O) groups excluding carboxylic acids is 3. The number of amides is 4. The Kier molecular flexibility index (Phi) is 11.7. The molecule has 0 radical (unpaired) electrons. The van der Waals surface area contributed by atoms with Crippen LogP contribution >= 0.6 is 11.6 Å². The third-order valence-electron chi connectivity index (χ3n) is 11.7. The Morgan fingerprint density at radius 1 is 0.983 bits per heavy atom. The number of rotatable bonds is 9. The van der Waals surface area contributed by atoms with E-state index in [9.17, 15) is 27.6 Å². The Labute approximate surface area is 350 Å². The van der Waals surface area contributed by atoms with Crippen molar-refractivity contribution in [3.05, 3.63) is 76.1 Å². The number of benzene rings is 3. The summed E-state index contributed by atoms with van der Waals surface area (Å²) in [6.45, 7) is 9.03. The molecule has 0 spiro atoms. The van der Waals surface area contributed by atoms with Crippen LogP contribution in [0.3, 0.4) is 0 Å². The normalized spacial score (nSPS) is 20.1. The zero-order chi connectivity index (χ0) is 42.3. The highest BCUT2D eigenvalue weighted by molar-refractivity contribution is 6.34. The molecule has 1 aromatic heterocycles. The number of likely N-dealkylation sites (tertiary alicyclic amines) is 1. The lowest BCUT2D eigenvalue weighted by Gasteiger charge is -2.43. The molecule has 14 nitrogen and oxygen atoms in total. The number of nitrogen functional groups attached to an aromatic ring is 1. The van der Waals surface area contributed by atoms with E-state index in [0.29, 0.717) is 82.5 Å². The number of nitrogens with one attached hydrogen (secondary N) is 2. The number of halogens is 4. The molecule has 8 rings (SSSR count). The number of fused-ring (bicyclic) bond motifs is 1. The Morgan fingerprint density at radius 2 is 1.75 bits per heavy atom. The minimum absolute atomic E-state index is 0.0215. The van der Waals surface area contributed by atoms with E-state index in [1.54, 1.807) is 32.0 Å². The number of nitrogens with zero attached hydrogens (tertiary/aromatic N) is 6. The lowest BCUT2D eigenvalue weighted by molar-refractivity contribution is -0.137. The average molecular weight is 850 g/mol. The molecule has 0 aliphatic carbocycles. The number of carbonyl (C=O) groups is 3. The Bertz CT molecular complexity index is 2290. The quantitative estimate of drug-likeness (QED) is 0.160. The number of anilines is 4. The fourth-order valence-electron chi connectivity index (χ4n) is 8.47. The molecule has 0 saturated carbocycles. The number of piperidine rings is 1. The average Bonchev–Trinajstić information content (AvgIpc) is 3.74. The van der Waals surface area contributed by atoms with Crippen molar-refractivity contribution >= 4 is 63.2 Å². The van der Waals surface area contributed by atoms with Crippen molar-refractivity contribution in [2.24, 2.45) is 0 Å². The van der Waals surface area contributed by atoms with E-state index in [4.69, 9.17) is 31.8 Å². The maximum atomic E-state index is 13.6. The van der Waals surface area contributed by atoms with Crippen LogP contribution < -0.4 is 30.9 Å². The van der Waals surface area contributed by atoms with Gasteiger partial charge in [-0.15, -0.1) is 0 Å². The SMILES string of the molecule is Cc1nc(N[C@H](C)c2cc(N)cc(C(F)(F)F)c2)c2cc(O[C@H]3CCOC3)c(N3CCN(C4CCN(C(=O)c5ccc(Cl)c(N6CCC(=O)NC6=O)c5)CC4)CC3)cc2n1. The molecule has 3 aromatic carbocycles. The predicted molar refractivity (Wildman–Crippen MR) is 222 cm³/mol. The standard InChI is InChI=1S/C42H47ClF3N9O5/c1-24(27-17-28(42(44,45)46)20-29(47)18-27)48-39-32-21-37(60-31-8-16-59-23-31)36(22-34(32)49-25(2)50-39)53-14-12-52(13-15-53)30-5-9-54(10-6-30)40(57)26-3-4-33(43)35(19-26)55-11-7-38(56)51-41(55)58/h3-4,17-22,24,30-31H,5-16,23,47H2,1-2H3,(H,48,49,50)(H,51,56,58)/t24-,31+/m1/s1. The van der Waals surface area contributed by atoms with Gasteiger partial charge in [-0.25, -0.2) is 14.8 Å². The topological polar surface area (TPSA) is 158 Å². The van der Waals surface area contributed by atoms with Gasteiger partial charge in [-0.05, 0) is 80.8 Å². The van der Waals surface area contributed by atoms with E-state index in [2.05, 4.69) is 25.4 Å². The molecular weight excluding hydrogens is 803 g/mol. The van der Waals surface area contributed by atoms with Crippen molar-refractivity contribution in [2.45, 2.75) is 63.9 Å². The highest BCUT2D eigenvalue weighted by Gasteiger charge is 2.34. The van der Waals surface area contributed by atoms with Crippen LogP contribution in [0.1, 0.15) is 66.0 Å². The molecule has 2 atom stereocenters. The number of imide groups is 1. The van der Waals surface area contributed by atoms with Crippen molar-refractivity contribution < 1.29 is 37.0 Å². The number of aryl methyl sites for hydroxylation is 1. The summed E-state index contributed by atoms with van der Waals surface area (Å²) >= 11 is 6.42. The summed E-state index contributed by atoms with van der Waals surface area (Å²) in [7, 11) is 0. The summed E-state index contributed by atoms with van der Waals surface area (Å²) in [5.74, 6) is 1.15. The molecule has 0 unspecified atom stereocenters. The Hall–Kier alpha value is -5.39. The van der Waals surface area contributed by atoms with Gasteiger partial charge < -0.3 is 30.3 Å². The maximum absolute atomic E-state index is 13.6. The second-order valence-corrected chi connectivity index (χ2v) is 16.2. The molecule has 318 valence electrons. The van der Waals surface area contributed by atoms with Crippen LogP contribution in [0.25, 0.3) is 10.9 Å². The van der Waals surface area contributed by atoms with Crippen LogP contribution in [0.4, 0.5) is 40.8 Å². The number of alkyl halides is 3. The van der Waals surface area contributed by atoms with Gasteiger partial charge in [0.25, 0.3) is 5.91 Å². The Morgan fingerprint density at radius 3 is 2.45 bits per heavy atom. The lowest BCUT2D eigenvalue weighted by atomic mass is 10.0. The molecule has 5 heterocycles. The molecule has 60 heavy (non-hydrogen) atoms. The first-order valence-corrected chi connectivity index (χ1v) is 20.6. The number of hydrogen-bond donors (Lipinski definition) is 3. The number of hydrogen-bond acceptors (Lipinski definition) is 11. The van der Waals surface area contributed by atoms with Crippen LogP contribution in [0, 0.1) is 6.92 Å². The molecule has 4 aromatic rings. The van der Waals surface area contributed by atoms with Crippen molar-refractivity contribution in [2.75, 3.05) is 79.9 Å². The minimum atomic E-state index is -4.54. The van der Waals surface area contributed by atoms with Gasteiger partial charge in [-0.2, -0.15) is 13.2 Å². The molecular formula is C42H47ClF3N9O5. The zero-order valence-electron chi connectivity index (χ0n) is 33.4. The molecule has 0 bridgehead atoms. The monoisotopic (exact) mass is 849 g/mol. The molecule has 4 saturated heterocycles. The summed E-state index contributed by atoms with van der Waals surface area (Å²) < 4.78 is 53.1. The molecule has 4 amide bonds. The van der Waals surface area contributed by atoms with Gasteiger partial charge in [0, 0.05) is 81.3 Å². The molecule has 4 fully saturated rings. The second-order valence-electron chi connectivity index (χ2n) is 15.8. The minimum Gasteiger partial charge on any atom is -0.486 e. The van der Waals surface area contributed by atoms with E-state index >= 15 is 0 Å². The van der Waals surface area contributed by atoms with Gasteiger partial charge in [0.05, 0.1) is 46.7 Å². The van der Waals surface area contributed by atoms with Crippen molar-refractivity contribution in [3.8, 4) is 5.75 Å². The van der Waals surface area contributed by atoms with Crippen molar-refractivity contribution in [3.63, 3.8) is 0 Å². The fraction of sp³-hybridized carbons (Fsp3) is 0.452. The summed E-state index contributed by atoms with van der Waals surface area (Å²) in [5, 5.41) is 6.61. The third kappa shape index (κ3) is 8.88. The first kappa shape index (κ1) is 41.3. The molecule has 4 N–H and O–H groups in total. The van der Waals surface area contributed by atoms with E-state index in [0.717, 1.165) is 63.3 Å². The van der Waals surface area contributed by atoms with Crippen LogP contribution in [-0.2, 0) is 15.7 Å². The summed E-state index contributed by atoms with van der Waals surface area (Å²) in [4.78, 5) is 55.3. The van der Waals surface area contributed by atoms with Gasteiger partial charge in [0.1, 0.15) is 23.5 Å². The van der Waals surface area contributed by atoms with Gasteiger partial charge in [-0.3, -0.25) is 24.7 Å².